The van der Waals surface area contributed by atoms with Crippen molar-refractivity contribution in [3.8, 4) is 0 Å². The second-order valence-corrected chi connectivity index (χ2v) is 4.29. The third kappa shape index (κ3) is 2.58. The van der Waals surface area contributed by atoms with Gasteiger partial charge in [0, 0.05) is 12.0 Å². The molecule has 0 aliphatic carbocycles. The van der Waals surface area contributed by atoms with E-state index in [0.29, 0.717) is 17.0 Å². The molecular formula is C11H18N2O2. The van der Waals surface area contributed by atoms with Crippen molar-refractivity contribution in [2.45, 2.75) is 46.6 Å². The number of carbonyl (C=O) groups is 1. The number of carbonyl (C=O) groups excluding carboxylic acids is 1. The van der Waals surface area contributed by atoms with Crippen molar-refractivity contribution in [3.05, 3.63) is 17.0 Å². The van der Waals surface area contributed by atoms with E-state index in [9.17, 15) is 4.79 Å². The lowest BCUT2D eigenvalue weighted by atomic mass is 10.0. The fourth-order valence-corrected chi connectivity index (χ4v) is 1.39. The predicted molar refractivity (Wildman–Crippen MR) is 57.9 cm³/mol. The quantitative estimate of drug-likeness (QED) is 0.832. The first-order chi connectivity index (χ1) is 6.93. The van der Waals surface area contributed by atoms with Gasteiger partial charge in [-0.2, -0.15) is 0 Å². The highest BCUT2D eigenvalue weighted by Gasteiger charge is 2.22. The molecule has 0 aromatic carbocycles. The minimum atomic E-state index is -0.104. The minimum absolute atomic E-state index is 0.104. The van der Waals surface area contributed by atoms with Crippen LogP contribution in [0.3, 0.4) is 0 Å². The molecule has 1 N–H and O–H groups in total. The molecule has 0 unspecified atom stereocenters. The van der Waals surface area contributed by atoms with Crippen molar-refractivity contribution in [2.24, 2.45) is 0 Å². The zero-order chi connectivity index (χ0) is 11.6. The number of hydrogen-bond acceptors (Lipinski definition) is 3. The SMILES string of the molecule is Cc1noc(C(C)C)c1C(=O)NC(C)C. The molecule has 84 valence electrons. The normalized spacial score (nSPS) is 11.1. The number of aromatic nitrogens is 1. The maximum atomic E-state index is 11.9. The van der Waals surface area contributed by atoms with Gasteiger partial charge in [-0.25, -0.2) is 0 Å². The van der Waals surface area contributed by atoms with E-state index in [2.05, 4.69) is 10.5 Å². The van der Waals surface area contributed by atoms with E-state index >= 15 is 0 Å². The van der Waals surface area contributed by atoms with E-state index in [0.717, 1.165) is 0 Å². The van der Waals surface area contributed by atoms with Gasteiger partial charge >= 0.3 is 0 Å². The van der Waals surface area contributed by atoms with Crippen LogP contribution in [0, 0.1) is 6.92 Å². The monoisotopic (exact) mass is 210 g/mol. The number of amides is 1. The first kappa shape index (κ1) is 11.8. The Morgan fingerprint density at radius 3 is 2.40 bits per heavy atom. The second kappa shape index (κ2) is 4.47. The summed E-state index contributed by atoms with van der Waals surface area (Å²) in [4.78, 5) is 11.9. The van der Waals surface area contributed by atoms with E-state index in [-0.39, 0.29) is 17.9 Å². The molecule has 0 aliphatic heterocycles. The number of nitrogens with zero attached hydrogens (tertiary/aromatic N) is 1. The topological polar surface area (TPSA) is 55.1 Å². The fourth-order valence-electron chi connectivity index (χ4n) is 1.39. The summed E-state index contributed by atoms with van der Waals surface area (Å²) in [6.45, 7) is 9.59. The first-order valence-electron chi connectivity index (χ1n) is 5.20. The van der Waals surface area contributed by atoms with Crippen molar-refractivity contribution >= 4 is 5.91 Å². The van der Waals surface area contributed by atoms with E-state index in [4.69, 9.17) is 4.52 Å². The Kier molecular flexibility index (Phi) is 3.50. The van der Waals surface area contributed by atoms with Crippen molar-refractivity contribution in [1.29, 1.82) is 0 Å². The van der Waals surface area contributed by atoms with Crippen molar-refractivity contribution in [1.82, 2.24) is 10.5 Å². The Hall–Kier alpha value is -1.32. The van der Waals surface area contributed by atoms with Crippen LogP contribution in [0.15, 0.2) is 4.52 Å². The number of hydrogen-bond donors (Lipinski definition) is 1. The average Bonchev–Trinajstić information content (AvgIpc) is 2.45. The maximum absolute atomic E-state index is 11.9. The highest BCUT2D eigenvalue weighted by atomic mass is 16.5. The summed E-state index contributed by atoms with van der Waals surface area (Å²) in [6, 6.07) is 0.117. The Bertz CT molecular complexity index is 353. The lowest BCUT2D eigenvalue weighted by molar-refractivity contribution is 0.0940. The van der Waals surface area contributed by atoms with E-state index < -0.39 is 0 Å². The smallest absolute Gasteiger partial charge is 0.257 e. The molecule has 1 heterocycles. The van der Waals surface area contributed by atoms with Gasteiger partial charge in [0.05, 0.1) is 5.69 Å². The summed E-state index contributed by atoms with van der Waals surface area (Å²) in [5.74, 6) is 0.720. The highest BCUT2D eigenvalue weighted by Crippen LogP contribution is 2.21. The Morgan fingerprint density at radius 1 is 1.33 bits per heavy atom. The minimum Gasteiger partial charge on any atom is -0.360 e. The van der Waals surface area contributed by atoms with Crippen LogP contribution in [-0.4, -0.2) is 17.1 Å². The van der Waals surface area contributed by atoms with Gasteiger partial charge in [-0.3, -0.25) is 4.79 Å². The van der Waals surface area contributed by atoms with Crippen molar-refractivity contribution in [2.75, 3.05) is 0 Å². The number of nitrogens with one attached hydrogen (secondary N) is 1. The van der Waals surface area contributed by atoms with E-state index in [1.165, 1.54) is 0 Å². The number of aryl methyl sites for hydroxylation is 1. The van der Waals surface area contributed by atoms with Crippen LogP contribution in [0.4, 0.5) is 0 Å². The lowest BCUT2D eigenvalue weighted by Gasteiger charge is -2.09. The molecule has 0 spiro atoms. The third-order valence-corrected chi connectivity index (χ3v) is 2.06. The highest BCUT2D eigenvalue weighted by molar-refractivity contribution is 5.96. The Morgan fingerprint density at radius 2 is 1.93 bits per heavy atom. The van der Waals surface area contributed by atoms with Crippen molar-refractivity contribution in [3.63, 3.8) is 0 Å². The molecule has 0 aliphatic rings. The standard InChI is InChI=1S/C11H18N2O2/c1-6(2)10-9(8(5)13-15-10)11(14)12-7(3)4/h6-7H,1-5H3,(H,12,14). The zero-order valence-corrected chi connectivity index (χ0v) is 9.92. The number of rotatable bonds is 3. The summed E-state index contributed by atoms with van der Waals surface area (Å²) in [7, 11) is 0. The first-order valence-corrected chi connectivity index (χ1v) is 5.20. The lowest BCUT2D eigenvalue weighted by Crippen LogP contribution is -2.31. The van der Waals surface area contributed by atoms with Crippen LogP contribution < -0.4 is 5.32 Å². The summed E-state index contributed by atoms with van der Waals surface area (Å²) in [5.41, 5.74) is 1.23. The van der Waals surface area contributed by atoms with Crippen LogP contribution >= 0.6 is 0 Å². The molecule has 0 radical (unpaired) electrons. The van der Waals surface area contributed by atoms with Crippen molar-refractivity contribution < 1.29 is 9.32 Å². The molecule has 0 saturated carbocycles. The fraction of sp³-hybridized carbons (Fsp3) is 0.636. The summed E-state index contributed by atoms with van der Waals surface area (Å²) in [6.07, 6.45) is 0. The molecule has 0 atom stereocenters. The Labute approximate surface area is 90.0 Å². The van der Waals surface area contributed by atoms with Crippen LogP contribution in [0.25, 0.3) is 0 Å². The van der Waals surface area contributed by atoms with Crippen LogP contribution in [0.1, 0.15) is 55.4 Å². The molecule has 0 bridgehead atoms. The van der Waals surface area contributed by atoms with Crippen LogP contribution in [-0.2, 0) is 0 Å². The largest absolute Gasteiger partial charge is 0.360 e. The summed E-state index contributed by atoms with van der Waals surface area (Å²) < 4.78 is 5.15. The molecule has 4 nitrogen and oxygen atoms in total. The molecule has 1 rings (SSSR count). The van der Waals surface area contributed by atoms with Gasteiger partial charge < -0.3 is 9.84 Å². The third-order valence-electron chi connectivity index (χ3n) is 2.06. The average molecular weight is 210 g/mol. The van der Waals surface area contributed by atoms with Gasteiger partial charge in [0.2, 0.25) is 0 Å². The van der Waals surface area contributed by atoms with E-state index in [1.54, 1.807) is 6.92 Å². The Balaban J connectivity index is 3.01. The molecule has 1 aromatic rings. The molecular weight excluding hydrogens is 192 g/mol. The van der Waals surface area contributed by atoms with Gasteiger partial charge in [0.15, 0.2) is 5.76 Å². The molecule has 4 heteroatoms. The molecule has 0 fully saturated rings. The summed E-state index contributed by atoms with van der Waals surface area (Å²) >= 11 is 0. The summed E-state index contributed by atoms with van der Waals surface area (Å²) in [5, 5.41) is 6.67. The van der Waals surface area contributed by atoms with Crippen LogP contribution in [0.2, 0.25) is 0 Å². The van der Waals surface area contributed by atoms with E-state index in [1.807, 2.05) is 27.7 Å². The van der Waals surface area contributed by atoms with Gasteiger partial charge in [-0.15, -0.1) is 0 Å². The second-order valence-electron chi connectivity index (χ2n) is 4.29. The maximum Gasteiger partial charge on any atom is 0.257 e. The predicted octanol–water partition coefficient (Wildman–Crippen LogP) is 2.24. The zero-order valence-electron chi connectivity index (χ0n) is 9.92. The van der Waals surface area contributed by atoms with Crippen LogP contribution in [0.5, 0.6) is 0 Å². The van der Waals surface area contributed by atoms with Gasteiger partial charge in [0.1, 0.15) is 5.56 Å². The molecule has 15 heavy (non-hydrogen) atoms. The molecule has 0 saturated heterocycles. The molecule has 1 amide bonds. The van der Waals surface area contributed by atoms with Gasteiger partial charge in [-0.05, 0) is 20.8 Å². The molecule has 1 aromatic heterocycles. The van der Waals surface area contributed by atoms with Gasteiger partial charge in [0.25, 0.3) is 5.91 Å². The van der Waals surface area contributed by atoms with Gasteiger partial charge in [-0.1, -0.05) is 19.0 Å².